The van der Waals surface area contributed by atoms with Crippen LogP contribution >= 0.6 is 15.9 Å². The molecule has 2 aromatic rings. The van der Waals surface area contributed by atoms with Crippen molar-refractivity contribution in [1.29, 1.82) is 0 Å². The van der Waals surface area contributed by atoms with E-state index in [9.17, 15) is 13.2 Å². The number of sulfonamides is 1. The van der Waals surface area contributed by atoms with Crippen LogP contribution in [0, 0.1) is 0 Å². The van der Waals surface area contributed by atoms with Gasteiger partial charge in [-0.2, -0.15) is 9.40 Å². The highest BCUT2D eigenvalue weighted by atomic mass is 79.9. The Morgan fingerprint density at radius 2 is 2.00 bits per heavy atom. The summed E-state index contributed by atoms with van der Waals surface area (Å²) in [7, 11) is -3.56. The second kappa shape index (κ2) is 7.77. The largest absolute Gasteiger partial charge is 0.322 e. The summed E-state index contributed by atoms with van der Waals surface area (Å²) in [6.07, 6.45) is 3.35. The van der Waals surface area contributed by atoms with Crippen LogP contribution in [0.15, 0.2) is 46.0 Å². The summed E-state index contributed by atoms with van der Waals surface area (Å²) in [5.41, 5.74) is 0.626. The molecule has 0 saturated carbocycles. The highest BCUT2D eigenvalue weighted by molar-refractivity contribution is 9.10. The van der Waals surface area contributed by atoms with Crippen molar-refractivity contribution in [3.63, 3.8) is 0 Å². The minimum Gasteiger partial charge on any atom is -0.322 e. The van der Waals surface area contributed by atoms with Crippen LogP contribution in [0.5, 0.6) is 0 Å². The topological polar surface area (TPSA) is 87.5 Å². The number of hydrogen-bond acceptors (Lipinski definition) is 4. The molecule has 0 radical (unpaired) electrons. The number of anilines is 1. The highest BCUT2D eigenvalue weighted by Crippen LogP contribution is 2.21. The van der Waals surface area contributed by atoms with E-state index >= 15 is 0 Å². The zero-order valence-corrected chi connectivity index (χ0v) is 16.7. The Balaban J connectivity index is 1.60. The first kappa shape index (κ1) is 18.9. The van der Waals surface area contributed by atoms with Gasteiger partial charge in [-0.1, -0.05) is 22.0 Å². The summed E-state index contributed by atoms with van der Waals surface area (Å²) in [6, 6.07) is 6.38. The zero-order chi connectivity index (χ0) is 18.7. The van der Waals surface area contributed by atoms with Gasteiger partial charge in [0, 0.05) is 43.4 Å². The first-order valence-electron chi connectivity index (χ1n) is 8.24. The van der Waals surface area contributed by atoms with E-state index in [0.717, 1.165) is 6.54 Å². The van der Waals surface area contributed by atoms with Gasteiger partial charge in [0.25, 0.3) is 0 Å². The molecule has 1 N–H and O–H groups in total. The molecule has 1 aliphatic rings. The molecule has 0 aliphatic carbocycles. The van der Waals surface area contributed by atoms with Gasteiger partial charge in [-0.3, -0.25) is 4.68 Å². The molecule has 26 heavy (non-hydrogen) atoms. The fourth-order valence-electron chi connectivity index (χ4n) is 2.71. The molecule has 1 aromatic heterocycles. The first-order valence-corrected chi connectivity index (χ1v) is 10.5. The fraction of sp³-hybridized carbons (Fsp3) is 0.375. The van der Waals surface area contributed by atoms with Gasteiger partial charge in [-0.15, -0.1) is 0 Å². The molecule has 2 heterocycles. The smallest absolute Gasteiger partial charge is 0.322 e. The Kier molecular flexibility index (Phi) is 5.64. The number of nitrogens with zero attached hydrogens (tertiary/aromatic N) is 4. The molecule has 8 nitrogen and oxygen atoms in total. The quantitative estimate of drug-likeness (QED) is 0.787. The molecule has 1 saturated heterocycles. The Bertz CT molecular complexity index is 891. The fourth-order valence-corrected chi connectivity index (χ4v) is 4.73. The predicted molar refractivity (Wildman–Crippen MR) is 101 cm³/mol. The van der Waals surface area contributed by atoms with Gasteiger partial charge in [-0.25, -0.2) is 13.2 Å². The summed E-state index contributed by atoms with van der Waals surface area (Å²) < 4.78 is 29.3. The molecule has 0 unspecified atom stereocenters. The van der Waals surface area contributed by atoms with E-state index in [0.29, 0.717) is 23.2 Å². The number of aromatic nitrogens is 2. The molecule has 0 bridgehead atoms. The summed E-state index contributed by atoms with van der Waals surface area (Å²) in [5, 5.41) is 6.90. The number of aryl methyl sites for hydroxylation is 1. The minimum absolute atomic E-state index is 0.247. The van der Waals surface area contributed by atoms with Crippen molar-refractivity contribution in [3.05, 3.63) is 41.1 Å². The summed E-state index contributed by atoms with van der Waals surface area (Å²) in [6.45, 7) is 3.88. The van der Waals surface area contributed by atoms with E-state index in [4.69, 9.17) is 0 Å². The van der Waals surface area contributed by atoms with Gasteiger partial charge in [0.2, 0.25) is 10.0 Å². The lowest BCUT2D eigenvalue weighted by Gasteiger charge is -2.33. The number of carbonyl (C=O) groups excluding carboxylic acids is 1. The van der Waals surface area contributed by atoms with Crippen LogP contribution in [0.2, 0.25) is 0 Å². The van der Waals surface area contributed by atoms with E-state index in [1.54, 1.807) is 46.2 Å². The maximum absolute atomic E-state index is 12.7. The molecular formula is C16H20BrN5O3S. The Morgan fingerprint density at radius 1 is 1.27 bits per heavy atom. The van der Waals surface area contributed by atoms with Crippen molar-refractivity contribution in [3.8, 4) is 0 Å². The summed E-state index contributed by atoms with van der Waals surface area (Å²) in [5.74, 6) is 0. The third kappa shape index (κ3) is 4.08. The van der Waals surface area contributed by atoms with Gasteiger partial charge in [0.15, 0.2) is 0 Å². The maximum atomic E-state index is 12.7. The van der Waals surface area contributed by atoms with E-state index < -0.39 is 10.0 Å². The van der Waals surface area contributed by atoms with Gasteiger partial charge >= 0.3 is 6.03 Å². The lowest BCUT2D eigenvalue weighted by atomic mass is 10.4. The van der Waals surface area contributed by atoms with Crippen LogP contribution in [0.3, 0.4) is 0 Å². The second-order valence-corrected chi connectivity index (χ2v) is 8.72. The number of piperazine rings is 1. The number of benzene rings is 1. The average molecular weight is 442 g/mol. The lowest BCUT2D eigenvalue weighted by Crippen LogP contribution is -2.51. The van der Waals surface area contributed by atoms with E-state index in [1.165, 1.54) is 4.31 Å². The van der Waals surface area contributed by atoms with Crippen molar-refractivity contribution >= 4 is 37.7 Å². The molecule has 1 aromatic carbocycles. The molecule has 0 spiro atoms. The number of amides is 2. The van der Waals surface area contributed by atoms with Crippen molar-refractivity contribution < 1.29 is 13.2 Å². The number of rotatable bonds is 4. The normalized spacial score (nSPS) is 15.8. The molecule has 1 aliphatic heterocycles. The number of nitrogens with one attached hydrogen (secondary N) is 1. The molecule has 1 fully saturated rings. The van der Waals surface area contributed by atoms with Crippen molar-refractivity contribution in [1.82, 2.24) is 19.0 Å². The van der Waals surface area contributed by atoms with Crippen molar-refractivity contribution in [2.75, 3.05) is 31.5 Å². The molecule has 0 atom stereocenters. The van der Waals surface area contributed by atoms with Crippen molar-refractivity contribution in [2.24, 2.45) is 0 Å². The monoisotopic (exact) mass is 441 g/mol. The third-order valence-electron chi connectivity index (χ3n) is 4.17. The molecule has 2 amide bonds. The van der Waals surface area contributed by atoms with Gasteiger partial charge in [0.1, 0.15) is 0 Å². The van der Waals surface area contributed by atoms with Crippen LogP contribution in [0.25, 0.3) is 0 Å². The van der Waals surface area contributed by atoms with E-state index in [1.807, 2.05) is 6.92 Å². The Labute approximate surface area is 161 Å². The summed E-state index contributed by atoms with van der Waals surface area (Å²) in [4.78, 5) is 14.2. The first-order chi connectivity index (χ1) is 12.4. The average Bonchev–Trinajstić information content (AvgIpc) is 3.09. The van der Waals surface area contributed by atoms with E-state index in [2.05, 4.69) is 26.3 Å². The van der Waals surface area contributed by atoms with Crippen LogP contribution < -0.4 is 5.32 Å². The number of hydrogen-bond donors (Lipinski definition) is 1. The van der Waals surface area contributed by atoms with Crippen LogP contribution in [-0.2, 0) is 16.6 Å². The van der Waals surface area contributed by atoms with Gasteiger partial charge in [-0.05, 0) is 25.1 Å². The summed E-state index contributed by atoms with van der Waals surface area (Å²) >= 11 is 3.29. The van der Waals surface area contributed by atoms with Gasteiger partial charge in [0.05, 0.1) is 16.8 Å². The van der Waals surface area contributed by atoms with Crippen LogP contribution in [0.4, 0.5) is 10.5 Å². The number of halogens is 1. The zero-order valence-electron chi connectivity index (χ0n) is 14.3. The minimum atomic E-state index is -3.56. The number of urea groups is 1. The third-order valence-corrected chi connectivity index (χ3v) is 6.56. The Hall–Kier alpha value is -1.91. The second-order valence-electron chi connectivity index (χ2n) is 5.86. The molecular weight excluding hydrogens is 422 g/mol. The molecule has 10 heteroatoms. The number of carbonyl (C=O) groups is 1. The predicted octanol–water partition coefficient (Wildman–Crippen LogP) is 2.20. The SMILES string of the molecule is CCn1cc(NC(=O)N2CCN(S(=O)(=O)c3cccc(Br)c3)CC2)cn1. The maximum Gasteiger partial charge on any atom is 0.322 e. The van der Waals surface area contributed by atoms with Crippen molar-refractivity contribution in [2.45, 2.75) is 18.4 Å². The standard InChI is InChI=1S/C16H20BrN5O3S/c1-2-21-12-14(11-18-21)19-16(23)20-6-8-22(9-7-20)26(24,25)15-5-3-4-13(17)10-15/h3-5,10-12H,2,6-9H2,1H3,(H,19,23). The highest BCUT2D eigenvalue weighted by Gasteiger charge is 2.30. The Morgan fingerprint density at radius 3 is 2.62 bits per heavy atom. The lowest BCUT2D eigenvalue weighted by molar-refractivity contribution is 0.184. The van der Waals surface area contributed by atoms with E-state index in [-0.39, 0.29) is 24.0 Å². The van der Waals surface area contributed by atoms with Crippen LogP contribution in [0.1, 0.15) is 6.92 Å². The molecule has 140 valence electrons. The van der Waals surface area contributed by atoms with Gasteiger partial charge < -0.3 is 10.2 Å². The molecule has 3 rings (SSSR count). The van der Waals surface area contributed by atoms with Crippen LogP contribution in [-0.4, -0.2) is 59.6 Å².